The maximum absolute atomic E-state index is 13.2. The molecule has 7 heteroatoms. The predicted molar refractivity (Wildman–Crippen MR) is 102 cm³/mol. The van der Waals surface area contributed by atoms with Crippen molar-refractivity contribution in [1.29, 1.82) is 0 Å². The van der Waals surface area contributed by atoms with Crippen molar-refractivity contribution in [2.75, 3.05) is 13.7 Å². The molecule has 1 amide bonds. The molecule has 1 aliphatic heterocycles. The number of aromatic amines is 1. The Bertz CT molecular complexity index is 887. The molecule has 3 atom stereocenters. The van der Waals surface area contributed by atoms with Crippen LogP contribution in [0, 0.1) is 5.92 Å². The maximum atomic E-state index is 13.2. The summed E-state index contributed by atoms with van der Waals surface area (Å²) in [7, 11) is 1.73. The van der Waals surface area contributed by atoms with Crippen LogP contribution in [0.1, 0.15) is 62.9 Å². The van der Waals surface area contributed by atoms with E-state index in [9.17, 15) is 9.59 Å². The Balaban J connectivity index is 1.59. The Hall–Kier alpha value is -2.15. The topological polar surface area (TPSA) is 79.7 Å². The first kappa shape index (κ1) is 18.2. The van der Waals surface area contributed by atoms with E-state index in [0.29, 0.717) is 5.65 Å². The number of rotatable bonds is 4. The standard InChI is InChI=1S/C20H28N4O3/c1-3-14-11-19(25)24-18(21-14)12-16(22-24)17-8-5-9-23(17)20(26)13-6-4-7-15(10-13)27-2/h11-13,15,17,22H,3-10H2,1-2H3/t13-,15+,17-/m0/s1. The number of aryl methyl sites for hydroxylation is 1. The number of likely N-dealkylation sites (tertiary alicyclic amines) is 1. The van der Waals surface area contributed by atoms with Crippen LogP contribution in [0.15, 0.2) is 16.9 Å². The molecular weight excluding hydrogens is 344 g/mol. The van der Waals surface area contributed by atoms with E-state index < -0.39 is 0 Å². The van der Waals surface area contributed by atoms with Gasteiger partial charge in [0.25, 0.3) is 5.56 Å². The van der Waals surface area contributed by atoms with E-state index in [4.69, 9.17) is 4.74 Å². The zero-order chi connectivity index (χ0) is 19.0. The van der Waals surface area contributed by atoms with Crippen LogP contribution >= 0.6 is 0 Å². The molecule has 3 heterocycles. The van der Waals surface area contributed by atoms with Gasteiger partial charge in [-0.15, -0.1) is 0 Å². The minimum Gasteiger partial charge on any atom is -0.381 e. The number of nitrogens with zero attached hydrogens (tertiary/aromatic N) is 3. The Morgan fingerprint density at radius 3 is 2.93 bits per heavy atom. The number of amides is 1. The van der Waals surface area contributed by atoms with Gasteiger partial charge in [-0.3, -0.25) is 14.7 Å². The highest BCUT2D eigenvalue weighted by Crippen LogP contribution is 2.36. The molecule has 0 radical (unpaired) electrons. The number of nitrogens with one attached hydrogen (secondary N) is 1. The molecule has 2 fully saturated rings. The molecule has 0 aromatic carbocycles. The van der Waals surface area contributed by atoms with E-state index in [1.807, 2.05) is 17.9 Å². The Labute approximate surface area is 158 Å². The summed E-state index contributed by atoms with van der Waals surface area (Å²) in [6, 6.07) is 3.49. The first-order valence-electron chi connectivity index (χ1n) is 10.1. The van der Waals surface area contributed by atoms with Crippen molar-refractivity contribution >= 4 is 11.6 Å². The van der Waals surface area contributed by atoms with Gasteiger partial charge >= 0.3 is 0 Å². The summed E-state index contributed by atoms with van der Waals surface area (Å²) in [5.41, 5.74) is 2.22. The molecule has 27 heavy (non-hydrogen) atoms. The molecule has 1 aliphatic carbocycles. The number of H-pyrrole nitrogens is 1. The molecule has 1 saturated carbocycles. The van der Waals surface area contributed by atoms with Gasteiger partial charge in [0.2, 0.25) is 5.91 Å². The van der Waals surface area contributed by atoms with E-state index in [1.165, 1.54) is 4.52 Å². The lowest BCUT2D eigenvalue weighted by atomic mass is 9.86. The number of ether oxygens (including phenoxy) is 1. The second kappa shape index (κ2) is 7.46. The lowest BCUT2D eigenvalue weighted by Crippen LogP contribution is -2.39. The lowest BCUT2D eigenvalue weighted by molar-refractivity contribution is -0.139. The lowest BCUT2D eigenvalue weighted by Gasteiger charge is -2.32. The van der Waals surface area contributed by atoms with Crippen LogP contribution < -0.4 is 5.56 Å². The monoisotopic (exact) mass is 372 g/mol. The van der Waals surface area contributed by atoms with Crippen LogP contribution in [0.2, 0.25) is 0 Å². The molecule has 7 nitrogen and oxygen atoms in total. The number of hydrogen-bond acceptors (Lipinski definition) is 4. The minimum absolute atomic E-state index is 0.00778. The first-order valence-corrected chi connectivity index (χ1v) is 10.1. The summed E-state index contributed by atoms with van der Waals surface area (Å²) in [6.07, 6.45) is 6.64. The van der Waals surface area contributed by atoms with Gasteiger partial charge in [0, 0.05) is 37.4 Å². The molecule has 1 saturated heterocycles. The van der Waals surface area contributed by atoms with Crippen LogP contribution in [0.5, 0.6) is 0 Å². The smallest absolute Gasteiger partial charge is 0.272 e. The average Bonchev–Trinajstić information content (AvgIpc) is 3.34. The Kier molecular flexibility index (Phi) is 5.04. The fourth-order valence-electron chi connectivity index (χ4n) is 4.58. The van der Waals surface area contributed by atoms with Crippen LogP contribution in [-0.2, 0) is 16.0 Å². The number of fused-ring (bicyclic) bond motifs is 1. The van der Waals surface area contributed by atoms with Crippen LogP contribution in [0.3, 0.4) is 0 Å². The van der Waals surface area contributed by atoms with E-state index in [0.717, 1.165) is 62.9 Å². The summed E-state index contributed by atoms with van der Waals surface area (Å²) in [5, 5.41) is 3.19. The summed E-state index contributed by atoms with van der Waals surface area (Å²) >= 11 is 0. The van der Waals surface area contributed by atoms with Crippen molar-refractivity contribution < 1.29 is 9.53 Å². The predicted octanol–water partition coefficient (Wildman–Crippen LogP) is 2.45. The number of carbonyl (C=O) groups is 1. The third-order valence-electron chi connectivity index (χ3n) is 6.09. The maximum Gasteiger partial charge on any atom is 0.272 e. The van der Waals surface area contributed by atoms with Crippen LogP contribution in [-0.4, -0.2) is 45.2 Å². The molecule has 2 aliphatic rings. The summed E-state index contributed by atoms with van der Waals surface area (Å²) in [6.45, 7) is 2.76. The van der Waals surface area contributed by atoms with Crippen molar-refractivity contribution in [2.45, 2.75) is 64.0 Å². The van der Waals surface area contributed by atoms with Gasteiger partial charge in [-0.25, -0.2) is 9.50 Å². The van der Waals surface area contributed by atoms with Crippen molar-refractivity contribution in [3.8, 4) is 0 Å². The van der Waals surface area contributed by atoms with Gasteiger partial charge in [-0.1, -0.05) is 13.3 Å². The van der Waals surface area contributed by atoms with Gasteiger partial charge in [-0.05, 0) is 38.5 Å². The molecule has 2 aromatic heterocycles. The molecular formula is C20H28N4O3. The van der Waals surface area contributed by atoms with Gasteiger partial charge in [0.1, 0.15) is 0 Å². The van der Waals surface area contributed by atoms with Gasteiger partial charge in [0.15, 0.2) is 5.65 Å². The number of methoxy groups -OCH3 is 1. The normalized spacial score (nSPS) is 26.0. The molecule has 0 spiro atoms. The van der Waals surface area contributed by atoms with E-state index >= 15 is 0 Å². The highest BCUT2D eigenvalue weighted by molar-refractivity contribution is 5.79. The third-order valence-corrected chi connectivity index (χ3v) is 6.09. The van der Waals surface area contributed by atoms with Crippen molar-refractivity contribution in [3.05, 3.63) is 33.9 Å². The fraction of sp³-hybridized carbons (Fsp3) is 0.650. The Morgan fingerprint density at radius 1 is 1.30 bits per heavy atom. The summed E-state index contributed by atoms with van der Waals surface area (Å²) in [4.78, 5) is 32.1. The number of aromatic nitrogens is 3. The molecule has 2 aromatic rings. The first-order chi connectivity index (χ1) is 13.1. The average molecular weight is 372 g/mol. The van der Waals surface area contributed by atoms with Gasteiger partial charge in [-0.2, -0.15) is 0 Å². The van der Waals surface area contributed by atoms with Crippen molar-refractivity contribution in [2.24, 2.45) is 5.92 Å². The Morgan fingerprint density at radius 2 is 2.15 bits per heavy atom. The highest BCUT2D eigenvalue weighted by Gasteiger charge is 2.37. The second-order valence-corrected chi connectivity index (χ2v) is 7.76. The quantitative estimate of drug-likeness (QED) is 0.894. The zero-order valence-corrected chi connectivity index (χ0v) is 16.1. The fourth-order valence-corrected chi connectivity index (χ4v) is 4.58. The van der Waals surface area contributed by atoms with E-state index in [2.05, 4.69) is 10.1 Å². The van der Waals surface area contributed by atoms with E-state index in [1.54, 1.807) is 13.2 Å². The van der Waals surface area contributed by atoms with Crippen molar-refractivity contribution in [1.82, 2.24) is 19.5 Å². The van der Waals surface area contributed by atoms with Crippen LogP contribution in [0.25, 0.3) is 5.65 Å². The molecule has 4 rings (SSSR count). The van der Waals surface area contributed by atoms with Crippen molar-refractivity contribution in [3.63, 3.8) is 0 Å². The van der Waals surface area contributed by atoms with Gasteiger partial charge < -0.3 is 9.64 Å². The molecule has 146 valence electrons. The highest BCUT2D eigenvalue weighted by atomic mass is 16.5. The zero-order valence-electron chi connectivity index (χ0n) is 16.1. The largest absolute Gasteiger partial charge is 0.381 e. The SMILES string of the molecule is CCc1cc(=O)n2[nH]c([C@@H]3CCCN3C(=O)[C@H]3CCC[C@@H](OC)C3)cc2n1. The summed E-state index contributed by atoms with van der Waals surface area (Å²) in [5.74, 6) is 0.272. The van der Waals surface area contributed by atoms with Crippen LogP contribution in [0.4, 0.5) is 0 Å². The molecule has 0 bridgehead atoms. The minimum atomic E-state index is -0.103. The summed E-state index contributed by atoms with van der Waals surface area (Å²) < 4.78 is 6.98. The third kappa shape index (κ3) is 3.40. The second-order valence-electron chi connectivity index (χ2n) is 7.76. The van der Waals surface area contributed by atoms with E-state index in [-0.39, 0.29) is 29.5 Å². The molecule has 0 unspecified atom stereocenters. The number of carbonyl (C=O) groups excluding carboxylic acids is 1. The van der Waals surface area contributed by atoms with Gasteiger partial charge in [0.05, 0.1) is 17.8 Å². The molecule has 1 N–H and O–H groups in total. The number of hydrogen-bond donors (Lipinski definition) is 1.